The molecule has 1 aliphatic rings. The molecule has 0 bridgehead atoms. The van der Waals surface area contributed by atoms with Crippen LogP contribution in [0.2, 0.25) is 0 Å². The highest BCUT2D eigenvalue weighted by atomic mass is 32.1. The lowest BCUT2D eigenvalue weighted by atomic mass is 10.0. The predicted octanol–water partition coefficient (Wildman–Crippen LogP) is 3.27. The number of hydrogen-bond donors (Lipinski definition) is 0. The Labute approximate surface area is 210 Å². The summed E-state index contributed by atoms with van der Waals surface area (Å²) in [7, 11) is 0. The summed E-state index contributed by atoms with van der Waals surface area (Å²) in [6.07, 6.45) is 7.08. The van der Waals surface area contributed by atoms with E-state index in [2.05, 4.69) is 10.9 Å². The van der Waals surface area contributed by atoms with Crippen LogP contribution in [-0.2, 0) is 9.53 Å². The Bertz CT molecular complexity index is 1490. The fourth-order valence-electron chi connectivity index (χ4n) is 3.78. The minimum Gasteiger partial charge on any atom is -0.490 e. The van der Waals surface area contributed by atoms with Crippen LogP contribution in [0.4, 0.5) is 0 Å². The number of allylic oxidation sites excluding steroid dienone is 1. The van der Waals surface area contributed by atoms with Crippen LogP contribution in [0.25, 0.3) is 6.08 Å². The largest absolute Gasteiger partial charge is 0.490 e. The molecule has 4 rings (SSSR count). The molecule has 7 nitrogen and oxygen atoms in total. The van der Waals surface area contributed by atoms with E-state index in [4.69, 9.17) is 20.6 Å². The van der Waals surface area contributed by atoms with Crippen LogP contribution in [0.15, 0.2) is 56.8 Å². The molecule has 0 aliphatic carbocycles. The maximum Gasteiger partial charge on any atom is 0.338 e. The van der Waals surface area contributed by atoms with Gasteiger partial charge in [-0.2, -0.15) is 0 Å². The highest BCUT2D eigenvalue weighted by molar-refractivity contribution is 7.10. The molecule has 0 spiro atoms. The first-order valence-corrected chi connectivity index (χ1v) is 12.7. The van der Waals surface area contributed by atoms with Crippen molar-refractivity contribution in [2.75, 3.05) is 19.8 Å². The van der Waals surface area contributed by atoms with Crippen molar-refractivity contribution in [3.05, 3.63) is 77.1 Å². The van der Waals surface area contributed by atoms with Crippen LogP contribution in [0.5, 0.6) is 11.5 Å². The molecular formula is C26H24N2O5S2. The second kappa shape index (κ2) is 10.8. The molecule has 180 valence electrons. The second-order valence-corrected chi connectivity index (χ2v) is 9.44. The van der Waals surface area contributed by atoms with Gasteiger partial charge < -0.3 is 14.2 Å². The maximum atomic E-state index is 13.6. The third-order valence-electron chi connectivity index (χ3n) is 5.21. The van der Waals surface area contributed by atoms with E-state index in [9.17, 15) is 9.59 Å². The molecule has 0 saturated carbocycles. The molecule has 1 atom stereocenters. The number of thiophene rings is 1. The number of aromatic nitrogens is 1. The van der Waals surface area contributed by atoms with Crippen molar-refractivity contribution in [3.8, 4) is 23.8 Å². The molecule has 0 amide bonds. The monoisotopic (exact) mass is 508 g/mol. The van der Waals surface area contributed by atoms with Crippen LogP contribution in [-0.4, -0.2) is 30.4 Å². The number of nitrogens with zero attached hydrogens (tertiary/aromatic N) is 2. The molecule has 9 heteroatoms. The first-order chi connectivity index (χ1) is 17.0. The molecular weight excluding hydrogens is 484 g/mol. The smallest absolute Gasteiger partial charge is 0.338 e. The Balaban J connectivity index is 1.84. The normalized spacial score (nSPS) is 15.3. The van der Waals surface area contributed by atoms with E-state index in [0.717, 1.165) is 10.4 Å². The Morgan fingerprint density at radius 2 is 2.06 bits per heavy atom. The van der Waals surface area contributed by atoms with Gasteiger partial charge in [0.05, 0.1) is 29.0 Å². The molecule has 3 aromatic rings. The Morgan fingerprint density at radius 3 is 2.74 bits per heavy atom. The van der Waals surface area contributed by atoms with Gasteiger partial charge in [-0.05, 0) is 56.0 Å². The summed E-state index contributed by atoms with van der Waals surface area (Å²) in [6.45, 7) is 6.22. The van der Waals surface area contributed by atoms with Gasteiger partial charge in [0.15, 0.2) is 16.3 Å². The lowest BCUT2D eigenvalue weighted by molar-refractivity contribution is -0.139. The number of carbonyl (C=O) groups excluding carboxylic acids is 1. The molecule has 0 fully saturated rings. The third kappa shape index (κ3) is 4.94. The molecule has 0 radical (unpaired) electrons. The van der Waals surface area contributed by atoms with Gasteiger partial charge in [0.2, 0.25) is 0 Å². The first-order valence-electron chi connectivity index (χ1n) is 11.0. The van der Waals surface area contributed by atoms with Crippen molar-refractivity contribution in [2.45, 2.75) is 26.8 Å². The first kappa shape index (κ1) is 24.5. The van der Waals surface area contributed by atoms with Gasteiger partial charge in [-0.3, -0.25) is 9.36 Å². The van der Waals surface area contributed by atoms with E-state index in [1.54, 1.807) is 36.6 Å². The van der Waals surface area contributed by atoms with Gasteiger partial charge in [0, 0.05) is 4.88 Å². The molecule has 2 aromatic heterocycles. The van der Waals surface area contributed by atoms with Crippen molar-refractivity contribution < 1.29 is 19.0 Å². The number of ether oxygens (including phenoxy) is 3. The Kier molecular flexibility index (Phi) is 7.54. The maximum absolute atomic E-state index is 13.6. The third-order valence-corrected chi connectivity index (χ3v) is 7.11. The number of esters is 1. The van der Waals surface area contributed by atoms with E-state index in [1.807, 2.05) is 30.5 Å². The zero-order valence-corrected chi connectivity index (χ0v) is 21.2. The quantitative estimate of drug-likeness (QED) is 0.345. The minimum atomic E-state index is -0.592. The number of benzene rings is 1. The van der Waals surface area contributed by atoms with E-state index in [0.29, 0.717) is 38.7 Å². The number of terminal acetylenes is 1. The second-order valence-electron chi connectivity index (χ2n) is 7.45. The summed E-state index contributed by atoms with van der Waals surface area (Å²) in [4.78, 5) is 32.4. The SMILES string of the molecule is C#CCOc1ccc(/C=c2\sc3n(c2=O)[C@@H](c2cccs2)C(C(=O)OCC)=C(C)N=3)cc1OCC. The number of thiazole rings is 1. The highest BCUT2D eigenvalue weighted by Gasteiger charge is 2.33. The Hall–Kier alpha value is -3.61. The fourth-order valence-corrected chi connectivity index (χ4v) is 5.65. The fraction of sp³-hybridized carbons (Fsp3) is 0.269. The van der Waals surface area contributed by atoms with Crippen molar-refractivity contribution in [3.63, 3.8) is 0 Å². The summed E-state index contributed by atoms with van der Waals surface area (Å²) in [6, 6.07) is 8.62. The topological polar surface area (TPSA) is 79.1 Å². The molecule has 1 aliphatic heterocycles. The lowest BCUT2D eigenvalue weighted by Gasteiger charge is -2.23. The zero-order valence-electron chi connectivity index (χ0n) is 19.6. The van der Waals surface area contributed by atoms with Gasteiger partial charge in [-0.15, -0.1) is 17.8 Å². The molecule has 0 unspecified atom stereocenters. The summed E-state index contributed by atoms with van der Waals surface area (Å²) in [5.41, 5.74) is 1.46. The summed E-state index contributed by atoms with van der Waals surface area (Å²) < 4.78 is 18.6. The minimum absolute atomic E-state index is 0.128. The van der Waals surface area contributed by atoms with Crippen molar-refractivity contribution in [1.82, 2.24) is 4.57 Å². The highest BCUT2D eigenvalue weighted by Crippen LogP contribution is 2.33. The lowest BCUT2D eigenvalue weighted by Crippen LogP contribution is -2.39. The van der Waals surface area contributed by atoms with E-state index in [1.165, 1.54) is 22.7 Å². The van der Waals surface area contributed by atoms with Crippen molar-refractivity contribution in [2.24, 2.45) is 4.99 Å². The number of fused-ring (bicyclic) bond motifs is 1. The zero-order chi connectivity index (χ0) is 24.9. The van der Waals surface area contributed by atoms with Crippen LogP contribution in [0.3, 0.4) is 0 Å². The standard InChI is InChI=1S/C26H24N2O5S2/c1-5-12-33-18-11-10-17(14-19(18)31-6-2)15-21-24(29)28-23(20-9-8-13-34-20)22(25(30)32-7-3)16(4)27-26(28)35-21/h1,8-11,13-15,23H,6-7,12H2,2-4H3/b21-15-/t23-/m0/s1. The van der Waals surface area contributed by atoms with Gasteiger partial charge in [-0.25, -0.2) is 9.79 Å². The van der Waals surface area contributed by atoms with Gasteiger partial charge in [0.25, 0.3) is 5.56 Å². The van der Waals surface area contributed by atoms with Crippen LogP contribution >= 0.6 is 22.7 Å². The van der Waals surface area contributed by atoms with Gasteiger partial charge >= 0.3 is 5.97 Å². The van der Waals surface area contributed by atoms with Crippen LogP contribution < -0.4 is 24.4 Å². The summed E-state index contributed by atoms with van der Waals surface area (Å²) >= 11 is 2.75. The average molecular weight is 509 g/mol. The van der Waals surface area contributed by atoms with Crippen LogP contribution in [0, 0.1) is 12.3 Å². The molecule has 3 heterocycles. The van der Waals surface area contributed by atoms with Gasteiger partial charge in [0.1, 0.15) is 12.6 Å². The summed E-state index contributed by atoms with van der Waals surface area (Å²) in [5.74, 6) is 3.05. The molecule has 1 aromatic carbocycles. The molecule has 35 heavy (non-hydrogen) atoms. The Morgan fingerprint density at radius 1 is 1.23 bits per heavy atom. The average Bonchev–Trinajstić information content (AvgIpc) is 3.47. The van der Waals surface area contributed by atoms with Crippen molar-refractivity contribution in [1.29, 1.82) is 0 Å². The van der Waals surface area contributed by atoms with Crippen molar-refractivity contribution >= 4 is 34.7 Å². The number of hydrogen-bond acceptors (Lipinski definition) is 8. The van der Waals surface area contributed by atoms with Crippen LogP contribution in [0.1, 0.15) is 37.3 Å². The molecule has 0 N–H and O–H groups in total. The summed E-state index contributed by atoms with van der Waals surface area (Å²) in [5, 5.41) is 1.92. The number of carbonyl (C=O) groups is 1. The van der Waals surface area contributed by atoms with E-state index < -0.39 is 12.0 Å². The number of rotatable bonds is 8. The van der Waals surface area contributed by atoms with E-state index >= 15 is 0 Å². The molecule has 0 saturated heterocycles. The van der Waals surface area contributed by atoms with Gasteiger partial charge in [-0.1, -0.05) is 29.4 Å². The van der Waals surface area contributed by atoms with E-state index in [-0.39, 0.29) is 18.8 Å². The predicted molar refractivity (Wildman–Crippen MR) is 137 cm³/mol.